The van der Waals surface area contributed by atoms with Crippen LogP contribution >= 0.6 is 11.8 Å². The van der Waals surface area contributed by atoms with Crippen LogP contribution in [0.4, 0.5) is 0 Å². The molecule has 0 aromatic heterocycles. The van der Waals surface area contributed by atoms with Crippen molar-refractivity contribution in [1.29, 1.82) is 0 Å². The molecule has 3 aliphatic heterocycles. The van der Waals surface area contributed by atoms with Gasteiger partial charge in [0.15, 0.2) is 0 Å². The average molecular weight is 551 g/mol. The first-order valence-corrected chi connectivity index (χ1v) is 15.2. The summed E-state index contributed by atoms with van der Waals surface area (Å²) in [5.74, 6) is -1.80. The van der Waals surface area contributed by atoms with Crippen molar-refractivity contribution in [2.75, 3.05) is 19.8 Å². The number of thioether (sulfide) groups is 1. The second kappa shape index (κ2) is 11.1. The van der Waals surface area contributed by atoms with E-state index < -0.39 is 34.2 Å². The normalized spacial score (nSPS) is 32.2. The number of hydrogen-bond donors (Lipinski definition) is 1. The molecule has 8 heteroatoms. The van der Waals surface area contributed by atoms with Gasteiger partial charge < -0.3 is 19.6 Å². The van der Waals surface area contributed by atoms with Crippen LogP contribution in [0.2, 0.25) is 0 Å². The van der Waals surface area contributed by atoms with Crippen molar-refractivity contribution in [3.8, 4) is 0 Å². The number of likely N-dealkylation sites (tertiary alicyclic amines) is 1. The molecule has 1 spiro atoms. The van der Waals surface area contributed by atoms with Gasteiger partial charge >= 0.3 is 5.97 Å². The summed E-state index contributed by atoms with van der Waals surface area (Å²) in [5, 5.41) is 10.5. The van der Waals surface area contributed by atoms with Crippen LogP contribution in [-0.4, -0.2) is 80.1 Å². The average Bonchev–Trinajstić information content (AvgIpc) is 3.40. The van der Waals surface area contributed by atoms with Crippen molar-refractivity contribution in [2.24, 2.45) is 29.1 Å². The van der Waals surface area contributed by atoms with E-state index in [2.05, 4.69) is 48.1 Å². The summed E-state index contributed by atoms with van der Waals surface area (Å²) in [6.07, 6.45) is 4.03. The number of aliphatic hydroxyl groups excluding tert-OH is 1. The van der Waals surface area contributed by atoms with Gasteiger partial charge in [-0.25, -0.2) is 0 Å². The van der Waals surface area contributed by atoms with Gasteiger partial charge in [0.25, 0.3) is 0 Å². The fourth-order valence-corrected chi connectivity index (χ4v) is 10.1. The molecule has 3 saturated heterocycles. The van der Waals surface area contributed by atoms with Crippen LogP contribution < -0.4 is 0 Å². The molecule has 2 amide bonds. The molecule has 7 nitrogen and oxygen atoms in total. The van der Waals surface area contributed by atoms with E-state index in [1.165, 1.54) is 0 Å². The second-order valence-corrected chi connectivity index (χ2v) is 15.0. The van der Waals surface area contributed by atoms with Gasteiger partial charge in [-0.1, -0.05) is 54.0 Å². The number of carbonyl (C=O) groups excluding carboxylic acids is 3. The van der Waals surface area contributed by atoms with Crippen molar-refractivity contribution in [1.82, 2.24) is 9.80 Å². The molecule has 0 saturated carbocycles. The lowest BCUT2D eigenvalue weighted by atomic mass is 9.66. The molecule has 38 heavy (non-hydrogen) atoms. The molecule has 0 aliphatic carbocycles. The third-order valence-corrected chi connectivity index (χ3v) is 11.2. The number of ether oxygens (including phenoxy) is 1. The quantitative estimate of drug-likeness (QED) is 0.301. The van der Waals surface area contributed by atoms with E-state index in [4.69, 9.17) is 4.74 Å². The molecule has 216 valence electrons. The van der Waals surface area contributed by atoms with Crippen LogP contribution in [0.1, 0.15) is 81.6 Å². The lowest BCUT2D eigenvalue weighted by Crippen LogP contribution is -2.63. The van der Waals surface area contributed by atoms with Gasteiger partial charge in [0, 0.05) is 17.3 Å². The largest absolute Gasteiger partial charge is 0.466 e. The van der Waals surface area contributed by atoms with E-state index in [9.17, 15) is 19.5 Å². The third kappa shape index (κ3) is 5.04. The molecule has 3 aliphatic rings. The number of aliphatic hydroxyl groups is 1. The number of amides is 2. The Bertz CT molecular complexity index is 930. The molecule has 3 rings (SSSR count). The zero-order valence-corrected chi connectivity index (χ0v) is 25.8. The monoisotopic (exact) mass is 550 g/mol. The molecule has 1 N–H and O–H groups in total. The van der Waals surface area contributed by atoms with Gasteiger partial charge in [-0.2, -0.15) is 0 Å². The Kier molecular flexibility index (Phi) is 9.09. The summed E-state index contributed by atoms with van der Waals surface area (Å²) >= 11 is 1.65. The summed E-state index contributed by atoms with van der Waals surface area (Å²) in [6, 6.07) is -1.28. The van der Waals surface area contributed by atoms with Crippen molar-refractivity contribution in [2.45, 2.75) is 109 Å². The molecule has 0 aromatic rings. The number of esters is 1. The predicted molar refractivity (Wildman–Crippen MR) is 153 cm³/mol. The predicted octanol–water partition coefficient (Wildman–Crippen LogP) is 4.52. The van der Waals surface area contributed by atoms with Crippen LogP contribution in [0.25, 0.3) is 0 Å². The standard InChI is InChI=1S/C30H50N2O5S/c1-11-14-31(29(9,10)17-28(6,7)8)26(35)24-30-19(5)15-21(38-30)22(27(36)37-13-3)23(30)25(34)32(24)20(16-33)18(4)12-2/h11,18-24,33H,1,12-17H2,2-10H3/t18-,19?,20-,21-,22+,23-,24?,30?/m0/s1. The Balaban J connectivity index is 2.20. The molecular weight excluding hydrogens is 500 g/mol. The number of hydrogen-bond acceptors (Lipinski definition) is 6. The number of carbonyl (C=O) groups is 3. The van der Waals surface area contributed by atoms with Crippen molar-refractivity contribution >= 4 is 29.5 Å². The van der Waals surface area contributed by atoms with Crippen molar-refractivity contribution < 1.29 is 24.2 Å². The minimum atomic E-state index is -0.769. The van der Waals surface area contributed by atoms with E-state index in [0.717, 1.165) is 19.3 Å². The maximum atomic E-state index is 14.9. The van der Waals surface area contributed by atoms with Crippen LogP contribution in [0.3, 0.4) is 0 Å². The maximum Gasteiger partial charge on any atom is 0.310 e. The molecular formula is C30H50N2O5S. The van der Waals surface area contributed by atoms with Gasteiger partial charge in [0.05, 0.1) is 35.8 Å². The maximum absolute atomic E-state index is 14.9. The first-order chi connectivity index (χ1) is 17.6. The van der Waals surface area contributed by atoms with Gasteiger partial charge in [0.2, 0.25) is 11.8 Å². The first-order valence-electron chi connectivity index (χ1n) is 14.3. The van der Waals surface area contributed by atoms with E-state index in [0.29, 0.717) is 6.54 Å². The summed E-state index contributed by atoms with van der Waals surface area (Å²) < 4.78 is 4.73. The smallest absolute Gasteiger partial charge is 0.310 e. The highest BCUT2D eigenvalue weighted by Crippen LogP contribution is 2.69. The Morgan fingerprint density at radius 3 is 2.42 bits per heavy atom. The zero-order chi connectivity index (χ0) is 28.8. The summed E-state index contributed by atoms with van der Waals surface area (Å²) in [4.78, 5) is 46.1. The van der Waals surface area contributed by atoms with Crippen LogP contribution in [-0.2, 0) is 19.1 Å². The summed E-state index contributed by atoms with van der Waals surface area (Å²) in [7, 11) is 0. The molecule has 0 radical (unpaired) electrons. The molecule has 0 aromatic carbocycles. The zero-order valence-electron chi connectivity index (χ0n) is 25.0. The number of fused-ring (bicyclic) bond motifs is 1. The first kappa shape index (κ1) is 31.0. The topological polar surface area (TPSA) is 87.2 Å². The minimum absolute atomic E-state index is 0.0107. The Labute approximate surface area is 234 Å². The van der Waals surface area contributed by atoms with Crippen LogP contribution in [0, 0.1) is 29.1 Å². The highest BCUT2D eigenvalue weighted by Gasteiger charge is 2.77. The lowest BCUT2D eigenvalue weighted by Gasteiger charge is -2.48. The lowest BCUT2D eigenvalue weighted by molar-refractivity contribution is -0.155. The van der Waals surface area contributed by atoms with E-state index in [1.807, 2.05) is 18.7 Å². The molecule has 2 bridgehead atoms. The van der Waals surface area contributed by atoms with E-state index >= 15 is 0 Å². The fraction of sp³-hybridized carbons (Fsp3) is 0.833. The van der Waals surface area contributed by atoms with Crippen LogP contribution in [0.15, 0.2) is 12.7 Å². The Morgan fingerprint density at radius 1 is 1.29 bits per heavy atom. The van der Waals surface area contributed by atoms with Gasteiger partial charge in [-0.15, -0.1) is 18.3 Å². The third-order valence-electron chi connectivity index (χ3n) is 9.09. The fourth-order valence-electron chi connectivity index (χ4n) is 7.72. The van der Waals surface area contributed by atoms with Gasteiger partial charge in [-0.3, -0.25) is 14.4 Å². The molecule has 3 fully saturated rings. The molecule has 3 heterocycles. The Morgan fingerprint density at radius 2 is 1.92 bits per heavy atom. The van der Waals surface area contributed by atoms with Crippen LogP contribution in [0.5, 0.6) is 0 Å². The summed E-state index contributed by atoms with van der Waals surface area (Å²) in [6.45, 7) is 22.9. The van der Waals surface area contributed by atoms with Crippen molar-refractivity contribution in [3.05, 3.63) is 12.7 Å². The second-order valence-electron chi connectivity index (χ2n) is 13.5. The molecule has 3 unspecified atom stereocenters. The van der Waals surface area contributed by atoms with Gasteiger partial charge in [0.1, 0.15) is 6.04 Å². The van der Waals surface area contributed by atoms with E-state index in [1.54, 1.807) is 29.7 Å². The summed E-state index contributed by atoms with van der Waals surface area (Å²) in [5.41, 5.74) is -0.522. The number of rotatable bonds is 11. The SMILES string of the molecule is C=CCN(C(=O)C1N([C@@H](CO)[C@@H](C)CC)C(=O)[C@@H]2[C@H](C(=O)OCC)[C@@H]3CC(C)C12S3)C(C)(C)CC(C)(C)C. The van der Waals surface area contributed by atoms with E-state index in [-0.39, 0.29) is 53.5 Å². The van der Waals surface area contributed by atoms with Crippen molar-refractivity contribution in [3.63, 3.8) is 0 Å². The number of nitrogens with zero attached hydrogens (tertiary/aromatic N) is 2. The highest BCUT2D eigenvalue weighted by atomic mass is 32.2. The van der Waals surface area contributed by atoms with Gasteiger partial charge in [-0.05, 0) is 50.9 Å². The Hall–Kier alpha value is -1.54. The molecule has 8 atom stereocenters. The highest BCUT2D eigenvalue weighted by molar-refractivity contribution is 8.02. The minimum Gasteiger partial charge on any atom is -0.466 e.